The molecule has 0 bridgehead atoms. The number of rotatable bonds is 9. The zero-order chi connectivity index (χ0) is 13.2. The lowest BCUT2D eigenvalue weighted by atomic mass is 9.90. The van der Waals surface area contributed by atoms with E-state index in [0.29, 0.717) is 5.92 Å². The second kappa shape index (κ2) is 9.16. The summed E-state index contributed by atoms with van der Waals surface area (Å²) < 4.78 is 0. The Morgan fingerprint density at radius 3 is 2.39 bits per heavy atom. The van der Waals surface area contributed by atoms with Gasteiger partial charge in [0, 0.05) is 6.54 Å². The van der Waals surface area contributed by atoms with Gasteiger partial charge < -0.3 is 5.32 Å². The fourth-order valence-corrected chi connectivity index (χ4v) is 2.25. The molecule has 18 heavy (non-hydrogen) atoms. The summed E-state index contributed by atoms with van der Waals surface area (Å²) in [4.78, 5) is 0. The van der Waals surface area contributed by atoms with Crippen LogP contribution in [0.1, 0.15) is 57.9 Å². The van der Waals surface area contributed by atoms with E-state index in [2.05, 4.69) is 56.4 Å². The second-order valence-corrected chi connectivity index (χ2v) is 5.40. The largest absolute Gasteiger partial charge is 0.316 e. The summed E-state index contributed by atoms with van der Waals surface area (Å²) in [6.07, 6.45) is 5.15. The molecule has 0 heterocycles. The summed E-state index contributed by atoms with van der Waals surface area (Å²) in [7, 11) is 0. The molecule has 2 unspecified atom stereocenters. The molecular formula is C17H29N. The summed E-state index contributed by atoms with van der Waals surface area (Å²) in [6.45, 7) is 9.13. The third-order valence-electron chi connectivity index (χ3n) is 3.79. The first-order valence-electron chi connectivity index (χ1n) is 7.53. The van der Waals surface area contributed by atoms with E-state index in [-0.39, 0.29) is 0 Å². The zero-order valence-corrected chi connectivity index (χ0v) is 12.3. The van der Waals surface area contributed by atoms with Crippen LogP contribution in [-0.2, 0) is 0 Å². The quantitative estimate of drug-likeness (QED) is 0.629. The molecule has 0 aliphatic rings. The normalized spacial score (nSPS) is 14.4. The van der Waals surface area contributed by atoms with Crippen molar-refractivity contribution in [2.75, 3.05) is 13.1 Å². The highest BCUT2D eigenvalue weighted by molar-refractivity contribution is 5.19. The van der Waals surface area contributed by atoms with Crippen molar-refractivity contribution in [2.45, 2.75) is 52.4 Å². The summed E-state index contributed by atoms with van der Waals surface area (Å²) in [5, 5.41) is 3.58. The van der Waals surface area contributed by atoms with Crippen LogP contribution in [0.3, 0.4) is 0 Å². The molecule has 2 atom stereocenters. The molecule has 0 radical (unpaired) electrons. The average Bonchev–Trinajstić information content (AvgIpc) is 2.43. The van der Waals surface area contributed by atoms with Crippen LogP contribution in [0.4, 0.5) is 0 Å². The maximum atomic E-state index is 3.58. The van der Waals surface area contributed by atoms with Crippen molar-refractivity contribution in [1.29, 1.82) is 0 Å². The highest BCUT2D eigenvalue weighted by Gasteiger charge is 2.12. The lowest BCUT2D eigenvalue weighted by molar-refractivity contribution is 0.445. The summed E-state index contributed by atoms with van der Waals surface area (Å²) in [5.74, 6) is 1.52. The van der Waals surface area contributed by atoms with Crippen LogP contribution in [-0.4, -0.2) is 13.1 Å². The molecule has 1 nitrogen and oxygen atoms in total. The molecule has 0 spiro atoms. The number of benzene rings is 1. The SMILES string of the molecule is CCCNCC(CCC(C)CC)c1ccccc1. The van der Waals surface area contributed by atoms with Crippen LogP contribution >= 0.6 is 0 Å². The van der Waals surface area contributed by atoms with Crippen LogP contribution in [0.5, 0.6) is 0 Å². The van der Waals surface area contributed by atoms with Crippen LogP contribution < -0.4 is 5.32 Å². The third kappa shape index (κ3) is 5.68. The standard InChI is InChI=1S/C17H29N/c1-4-13-18-14-17(12-11-15(3)5-2)16-9-7-6-8-10-16/h6-10,15,17-18H,4-5,11-14H2,1-3H3. The van der Waals surface area contributed by atoms with Gasteiger partial charge in [0.2, 0.25) is 0 Å². The average molecular weight is 247 g/mol. The molecule has 0 saturated heterocycles. The molecule has 1 heteroatoms. The minimum atomic E-state index is 0.673. The molecule has 1 rings (SSSR count). The Balaban J connectivity index is 2.52. The van der Waals surface area contributed by atoms with Gasteiger partial charge in [0.25, 0.3) is 0 Å². The molecule has 0 fully saturated rings. The van der Waals surface area contributed by atoms with E-state index in [0.717, 1.165) is 19.0 Å². The van der Waals surface area contributed by atoms with Crippen molar-refractivity contribution in [3.63, 3.8) is 0 Å². The Bertz CT molecular complexity index is 294. The molecule has 0 aromatic heterocycles. The Kier molecular flexibility index (Phi) is 7.75. The van der Waals surface area contributed by atoms with E-state index in [1.807, 2.05) is 0 Å². The fraction of sp³-hybridized carbons (Fsp3) is 0.647. The lowest BCUT2D eigenvalue weighted by Gasteiger charge is -2.20. The van der Waals surface area contributed by atoms with E-state index in [1.54, 1.807) is 0 Å². The lowest BCUT2D eigenvalue weighted by Crippen LogP contribution is -2.22. The molecule has 1 N–H and O–H groups in total. The van der Waals surface area contributed by atoms with E-state index < -0.39 is 0 Å². The molecule has 0 saturated carbocycles. The van der Waals surface area contributed by atoms with Crippen molar-refractivity contribution in [3.8, 4) is 0 Å². The van der Waals surface area contributed by atoms with Crippen molar-refractivity contribution < 1.29 is 0 Å². The maximum absolute atomic E-state index is 3.58. The van der Waals surface area contributed by atoms with Gasteiger partial charge in [0.1, 0.15) is 0 Å². The Labute approximate surface area is 113 Å². The minimum absolute atomic E-state index is 0.673. The topological polar surface area (TPSA) is 12.0 Å². The Hall–Kier alpha value is -0.820. The number of hydrogen-bond acceptors (Lipinski definition) is 1. The van der Waals surface area contributed by atoms with E-state index in [4.69, 9.17) is 0 Å². The molecule has 102 valence electrons. The van der Waals surface area contributed by atoms with Gasteiger partial charge in [0.15, 0.2) is 0 Å². The van der Waals surface area contributed by atoms with Gasteiger partial charge in [-0.25, -0.2) is 0 Å². The van der Waals surface area contributed by atoms with E-state index in [9.17, 15) is 0 Å². The number of nitrogens with one attached hydrogen (secondary N) is 1. The van der Waals surface area contributed by atoms with Crippen molar-refractivity contribution >= 4 is 0 Å². The third-order valence-corrected chi connectivity index (χ3v) is 3.79. The maximum Gasteiger partial charge on any atom is 0.00201 e. The molecule has 1 aromatic rings. The van der Waals surface area contributed by atoms with Gasteiger partial charge in [-0.05, 0) is 36.8 Å². The summed E-state index contributed by atoms with van der Waals surface area (Å²) in [6, 6.07) is 11.0. The molecular weight excluding hydrogens is 218 g/mol. The highest BCUT2D eigenvalue weighted by Crippen LogP contribution is 2.23. The molecule has 0 amide bonds. The van der Waals surface area contributed by atoms with Gasteiger partial charge >= 0.3 is 0 Å². The number of hydrogen-bond donors (Lipinski definition) is 1. The van der Waals surface area contributed by atoms with Crippen molar-refractivity contribution in [1.82, 2.24) is 5.32 Å². The fourth-order valence-electron chi connectivity index (χ4n) is 2.25. The summed E-state index contributed by atoms with van der Waals surface area (Å²) in [5.41, 5.74) is 1.49. The summed E-state index contributed by atoms with van der Waals surface area (Å²) >= 11 is 0. The van der Waals surface area contributed by atoms with Gasteiger partial charge in [-0.3, -0.25) is 0 Å². The van der Waals surface area contributed by atoms with E-state index >= 15 is 0 Å². The second-order valence-electron chi connectivity index (χ2n) is 5.40. The predicted octanol–water partition coefficient (Wildman–Crippen LogP) is 4.60. The van der Waals surface area contributed by atoms with Crippen molar-refractivity contribution in [3.05, 3.63) is 35.9 Å². The van der Waals surface area contributed by atoms with Crippen LogP contribution in [0.15, 0.2) is 30.3 Å². The molecule has 0 aliphatic carbocycles. The molecule has 0 aliphatic heterocycles. The molecule has 1 aromatic carbocycles. The van der Waals surface area contributed by atoms with Gasteiger partial charge in [-0.1, -0.05) is 63.9 Å². The van der Waals surface area contributed by atoms with Gasteiger partial charge in [-0.15, -0.1) is 0 Å². The van der Waals surface area contributed by atoms with Crippen molar-refractivity contribution in [2.24, 2.45) is 5.92 Å². The first-order chi connectivity index (χ1) is 8.77. The van der Waals surface area contributed by atoms with Gasteiger partial charge in [0.05, 0.1) is 0 Å². The monoisotopic (exact) mass is 247 g/mol. The van der Waals surface area contributed by atoms with Crippen LogP contribution in [0.25, 0.3) is 0 Å². The minimum Gasteiger partial charge on any atom is -0.316 e. The van der Waals surface area contributed by atoms with E-state index in [1.165, 1.54) is 31.2 Å². The smallest absolute Gasteiger partial charge is 0.00201 e. The van der Waals surface area contributed by atoms with Crippen LogP contribution in [0.2, 0.25) is 0 Å². The Morgan fingerprint density at radius 2 is 1.78 bits per heavy atom. The predicted molar refractivity (Wildman–Crippen MR) is 81.0 cm³/mol. The Morgan fingerprint density at radius 1 is 1.06 bits per heavy atom. The van der Waals surface area contributed by atoms with Crippen LogP contribution in [0, 0.1) is 5.92 Å². The first kappa shape index (κ1) is 15.2. The first-order valence-corrected chi connectivity index (χ1v) is 7.53. The zero-order valence-electron chi connectivity index (χ0n) is 12.3. The highest BCUT2D eigenvalue weighted by atomic mass is 14.8. The van der Waals surface area contributed by atoms with Gasteiger partial charge in [-0.2, -0.15) is 0 Å².